The molecule has 242 valence electrons. The van der Waals surface area contributed by atoms with Crippen LogP contribution >= 0.6 is 23.2 Å². The van der Waals surface area contributed by atoms with Crippen LogP contribution in [0, 0.1) is 28.4 Å². The first-order chi connectivity index (χ1) is 20.2. The minimum atomic E-state index is -0.660. The van der Waals surface area contributed by atoms with Crippen LogP contribution in [-0.2, 0) is 19.7 Å². The third-order valence-corrected chi connectivity index (χ3v) is 6.00. The number of nitrogen functional groups attached to an aromatic ring is 1. The Morgan fingerprint density at radius 1 is 1.09 bits per heavy atom. The maximum Gasteiger partial charge on any atom is 0.316 e. The van der Waals surface area contributed by atoms with E-state index in [0.29, 0.717) is 21.9 Å². The average Bonchev–Trinajstić information content (AvgIpc) is 2.91. The molecule has 13 heteroatoms. The van der Waals surface area contributed by atoms with Crippen LogP contribution in [0.2, 0.25) is 10.0 Å². The normalized spacial score (nSPS) is 11.3. The summed E-state index contributed by atoms with van der Waals surface area (Å²) in [4.78, 5) is 40.1. The topological polar surface area (TPSA) is 159 Å². The molecule has 1 aromatic heterocycles. The molecule has 44 heavy (non-hydrogen) atoms. The highest BCUT2D eigenvalue weighted by Gasteiger charge is 2.31. The predicted molar refractivity (Wildman–Crippen MR) is 170 cm³/mol. The summed E-state index contributed by atoms with van der Waals surface area (Å²) in [6, 6.07) is 8.03. The lowest BCUT2D eigenvalue weighted by atomic mass is 9.82. The molecule has 0 aliphatic heterocycles. The minimum absolute atomic E-state index is 0.0394. The van der Waals surface area contributed by atoms with Crippen LogP contribution in [0.25, 0.3) is 11.4 Å². The van der Waals surface area contributed by atoms with Gasteiger partial charge in [0.05, 0.1) is 18.2 Å². The SMILES string of the molecule is CC(C)(C)c1cnc(-c2cc(Cl)ccc2F)[nH]c1=O.CCO.COC(=O)C(C=O)C(C)(C)C.N=C(N)c1cc(Cl)ccc1F. The third-order valence-electron chi connectivity index (χ3n) is 5.53. The molecule has 1 atom stereocenters. The number of esters is 1. The third kappa shape index (κ3) is 13.3. The Hall–Kier alpha value is -3.67. The highest BCUT2D eigenvalue weighted by atomic mass is 35.5. The number of methoxy groups -OCH3 is 1. The lowest BCUT2D eigenvalue weighted by molar-refractivity contribution is -0.150. The number of aromatic nitrogens is 2. The predicted octanol–water partition coefficient (Wildman–Crippen LogP) is 6.31. The van der Waals surface area contributed by atoms with Gasteiger partial charge in [0.1, 0.15) is 35.5 Å². The fraction of sp³-hybridized carbons (Fsp3) is 0.387. The van der Waals surface area contributed by atoms with E-state index < -0.39 is 23.5 Å². The molecule has 0 fully saturated rings. The highest BCUT2D eigenvalue weighted by molar-refractivity contribution is 6.31. The number of aliphatic hydroxyl groups is 1. The molecule has 9 nitrogen and oxygen atoms in total. The number of carbonyl (C=O) groups is 2. The Morgan fingerprint density at radius 3 is 1.95 bits per heavy atom. The zero-order valence-corrected chi connectivity index (χ0v) is 27.5. The summed E-state index contributed by atoms with van der Waals surface area (Å²) < 4.78 is 30.9. The van der Waals surface area contributed by atoms with Crippen LogP contribution in [0.5, 0.6) is 0 Å². The van der Waals surface area contributed by atoms with Crippen LogP contribution in [0.4, 0.5) is 8.78 Å². The Kier molecular flexibility index (Phi) is 16.7. The number of nitrogens with two attached hydrogens (primary N) is 1. The Balaban J connectivity index is 0.000000639. The number of hydrogen-bond donors (Lipinski definition) is 4. The maximum atomic E-state index is 13.7. The number of halogens is 4. The van der Waals surface area contributed by atoms with Gasteiger partial charge >= 0.3 is 5.97 Å². The van der Waals surface area contributed by atoms with Crippen LogP contribution < -0.4 is 11.3 Å². The Morgan fingerprint density at radius 2 is 1.59 bits per heavy atom. The van der Waals surface area contributed by atoms with Gasteiger partial charge in [0.15, 0.2) is 0 Å². The molecule has 0 saturated carbocycles. The van der Waals surface area contributed by atoms with E-state index in [1.54, 1.807) is 6.92 Å². The molecule has 1 heterocycles. The van der Waals surface area contributed by atoms with Crippen molar-refractivity contribution in [3.63, 3.8) is 0 Å². The van der Waals surface area contributed by atoms with Crippen LogP contribution in [0.3, 0.4) is 0 Å². The van der Waals surface area contributed by atoms with Gasteiger partial charge in [-0.25, -0.2) is 13.8 Å². The number of hydrogen-bond acceptors (Lipinski definition) is 7. The smallest absolute Gasteiger partial charge is 0.316 e. The van der Waals surface area contributed by atoms with Gasteiger partial charge in [0.25, 0.3) is 5.56 Å². The van der Waals surface area contributed by atoms with E-state index in [2.05, 4.69) is 14.7 Å². The monoisotopic (exact) mass is 656 g/mol. The van der Waals surface area contributed by atoms with Gasteiger partial charge in [-0.15, -0.1) is 0 Å². The van der Waals surface area contributed by atoms with Gasteiger partial charge in [-0.3, -0.25) is 15.0 Å². The van der Waals surface area contributed by atoms with Gasteiger partial charge < -0.3 is 25.4 Å². The zero-order valence-electron chi connectivity index (χ0n) is 26.0. The largest absolute Gasteiger partial charge is 0.468 e. The molecule has 0 saturated heterocycles. The molecule has 2 aromatic carbocycles. The average molecular weight is 658 g/mol. The van der Waals surface area contributed by atoms with Crippen molar-refractivity contribution >= 4 is 41.3 Å². The van der Waals surface area contributed by atoms with Gasteiger partial charge in [-0.05, 0) is 54.2 Å². The molecule has 0 aliphatic carbocycles. The first kappa shape index (κ1) is 40.3. The number of rotatable bonds is 4. The summed E-state index contributed by atoms with van der Waals surface area (Å²) in [6.07, 6.45) is 2.11. The molecular formula is C31H40Cl2F2N4O5. The van der Waals surface area contributed by atoms with Gasteiger partial charge in [-0.1, -0.05) is 64.7 Å². The molecule has 0 bridgehead atoms. The van der Waals surface area contributed by atoms with Crippen molar-refractivity contribution in [1.82, 2.24) is 9.97 Å². The van der Waals surface area contributed by atoms with E-state index >= 15 is 0 Å². The Labute approximate surface area is 266 Å². The maximum absolute atomic E-state index is 13.7. The van der Waals surface area contributed by atoms with E-state index in [4.69, 9.17) is 39.5 Å². The number of nitrogens with one attached hydrogen (secondary N) is 2. The molecule has 1 unspecified atom stereocenters. The molecule has 0 aliphatic rings. The number of carbonyl (C=O) groups excluding carboxylic acids is 2. The van der Waals surface area contributed by atoms with E-state index in [1.165, 1.54) is 49.7 Å². The van der Waals surface area contributed by atoms with Crippen LogP contribution in [0.1, 0.15) is 59.6 Å². The van der Waals surface area contributed by atoms with Crippen molar-refractivity contribution in [2.24, 2.45) is 17.1 Å². The Bertz CT molecular complexity index is 1470. The first-order valence-corrected chi connectivity index (χ1v) is 14.0. The number of aldehydes is 1. The summed E-state index contributed by atoms with van der Waals surface area (Å²) >= 11 is 11.4. The molecular weight excluding hydrogens is 617 g/mol. The molecule has 0 amide bonds. The molecule has 0 spiro atoms. The summed E-state index contributed by atoms with van der Waals surface area (Å²) in [5.74, 6) is -2.26. The van der Waals surface area contributed by atoms with Crippen molar-refractivity contribution in [3.8, 4) is 11.4 Å². The van der Waals surface area contributed by atoms with E-state index in [-0.39, 0.29) is 45.8 Å². The number of benzene rings is 2. The van der Waals surface area contributed by atoms with E-state index in [0.717, 1.165) is 0 Å². The fourth-order valence-electron chi connectivity index (χ4n) is 3.19. The second-order valence-corrected chi connectivity index (χ2v) is 12.1. The van der Waals surface area contributed by atoms with Crippen molar-refractivity contribution < 1.29 is 28.2 Å². The number of H-pyrrole nitrogens is 1. The second-order valence-electron chi connectivity index (χ2n) is 11.2. The van der Waals surface area contributed by atoms with Gasteiger partial charge in [0.2, 0.25) is 0 Å². The van der Waals surface area contributed by atoms with Gasteiger partial charge in [0, 0.05) is 28.4 Å². The quantitative estimate of drug-likeness (QED) is 0.0842. The van der Waals surface area contributed by atoms with Gasteiger partial charge in [-0.2, -0.15) is 0 Å². The fourth-order valence-corrected chi connectivity index (χ4v) is 3.53. The molecule has 0 radical (unpaired) electrons. The molecule has 5 N–H and O–H groups in total. The number of amidine groups is 1. The molecule has 3 rings (SSSR count). The number of aromatic amines is 1. The zero-order chi connectivity index (χ0) is 34.4. The number of nitrogens with zero attached hydrogens (tertiary/aromatic N) is 1. The summed E-state index contributed by atoms with van der Waals surface area (Å²) in [5, 5.41) is 15.3. The van der Waals surface area contributed by atoms with Crippen molar-refractivity contribution in [2.75, 3.05) is 13.7 Å². The van der Waals surface area contributed by atoms with Crippen molar-refractivity contribution in [2.45, 2.75) is 53.9 Å². The van der Waals surface area contributed by atoms with Crippen molar-refractivity contribution in [1.29, 1.82) is 5.41 Å². The van der Waals surface area contributed by atoms with E-state index in [1.807, 2.05) is 41.5 Å². The summed E-state index contributed by atoms with van der Waals surface area (Å²) in [6.45, 7) is 13.1. The molecule has 3 aromatic rings. The summed E-state index contributed by atoms with van der Waals surface area (Å²) in [5.41, 5.74) is 4.91. The van der Waals surface area contributed by atoms with E-state index in [9.17, 15) is 23.2 Å². The van der Waals surface area contributed by atoms with Crippen LogP contribution in [-0.4, -0.2) is 46.9 Å². The van der Waals surface area contributed by atoms with Crippen LogP contribution in [0.15, 0.2) is 47.4 Å². The lowest BCUT2D eigenvalue weighted by Gasteiger charge is -2.22. The van der Waals surface area contributed by atoms with Crippen molar-refractivity contribution in [3.05, 3.63) is 85.8 Å². The summed E-state index contributed by atoms with van der Waals surface area (Å²) in [7, 11) is 1.28. The number of ether oxygens (including phenoxy) is 1. The standard InChI is InChI=1S/C14H14ClFN2O.C8H14O3.C7H6ClFN2.C2H6O/c1-14(2,3)10-7-17-12(18-13(10)19)9-6-8(15)4-5-11(9)16;1-8(2,3)6(5-9)7(10)11-4;8-4-1-2-6(9)5(3-4)7(10)11;1-2-3/h4-7H,1-3H3,(H,17,18,19);5-6H,1-4H3;1-3H,(H3,10,11);3H,2H2,1H3. The lowest BCUT2D eigenvalue weighted by Crippen LogP contribution is -2.30. The number of aliphatic hydroxyl groups excluding tert-OH is 1. The second kappa shape index (κ2) is 18.2. The first-order valence-electron chi connectivity index (χ1n) is 13.2. The highest BCUT2D eigenvalue weighted by Crippen LogP contribution is 2.25. The minimum Gasteiger partial charge on any atom is -0.468 e.